The Balaban J connectivity index is 1.80. The molecule has 1 aliphatic heterocycles. The van der Waals surface area contributed by atoms with E-state index < -0.39 is 0 Å². The fourth-order valence-electron chi connectivity index (χ4n) is 2.79. The zero-order valence-electron chi connectivity index (χ0n) is 11.2. The molecule has 0 aliphatic carbocycles. The van der Waals surface area contributed by atoms with Gasteiger partial charge in [0.15, 0.2) is 0 Å². The first-order valence-corrected chi connectivity index (χ1v) is 7.33. The van der Waals surface area contributed by atoms with Crippen LogP contribution in [-0.2, 0) is 24.9 Å². The highest BCUT2D eigenvalue weighted by Gasteiger charge is 2.29. The minimum absolute atomic E-state index is 0.354. The van der Waals surface area contributed by atoms with Gasteiger partial charge in [-0.1, -0.05) is 5.21 Å². The average Bonchev–Trinajstić information content (AvgIpc) is 3.00. The van der Waals surface area contributed by atoms with Crippen LogP contribution in [0.3, 0.4) is 0 Å². The van der Waals surface area contributed by atoms with Gasteiger partial charge in [0, 0.05) is 39.7 Å². The van der Waals surface area contributed by atoms with Crippen molar-refractivity contribution < 1.29 is 4.74 Å². The highest BCUT2D eigenvalue weighted by molar-refractivity contribution is 7.07. The highest BCUT2D eigenvalue weighted by atomic mass is 32.1. The van der Waals surface area contributed by atoms with Gasteiger partial charge in [-0.15, -0.1) is 5.10 Å². The van der Waals surface area contributed by atoms with Crippen LogP contribution >= 0.6 is 11.3 Å². The zero-order valence-corrected chi connectivity index (χ0v) is 12.1. The SMILES string of the molecule is COC[C@@H]1CN(Cc2ccsc2)Cc2nnn(C)c21. The molecule has 0 N–H and O–H groups in total. The number of thiophene rings is 1. The minimum Gasteiger partial charge on any atom is -0.384 e. The van der Waals surface area contributed by atoms with Gasteiger partial charge < -0.3 is 4.74 Å². The lowest BCUT2D eigenvalue weighted by molar-refractivity contribution is 0.132. The molecule has 0 radical (unpaired) electrons. The molecule has 0 fully saturated rings. The maximum Gasteiger partial charge on any atom is 0.100 e. The van der Waals surface area contributed by atoms with Gasteiger partial charge in [0.2, 0.25) is 0 Å². The molecule has 2 aromatic heterocycles. The monoisotopic (exact) mass is 278 g/mol. The molecule has 2 aromatic rings. The largest absolute Gasteiger partial charge is 0.384 e. The summed E-state index contributed by atoms with van der Waals surface area (Å²) in [6.45, 7) is 3.56. The highest BCUT2D eigenvalue weighted by Crippen LogP contribution is 2.27. The first kappa shape index (κ1) is 12.8. The Kier molecular flexibility index (Phi) is 3.63. The lowest BCUT2D eigenvalue weighted by atomic mass is 9.98. The number of methoxy groups -OCH3 is 1. The third kappa shape index (κ3) is 2.56. The summed E-state index contributed by atoms with van der Waals surface area (Å²) in [6.07, 6.45) is 0. The lowest BCUT2D eigenvalue weighted by Gasteiger charge is -2.31. The normalized spacial score (nSPS) is 19.6. The molecule has 0 spiro atoms. The first-order chi connectivity index (χ1) is 9.28. The molecule has 0 saturated heterocycles. The summed E-state index contributed by atoms with van der Waals surface area (Å²) in [5.41, 5.74) is 3.68. The smallest absolute Gasteiger partial charge is 0.100 e. The van der Waals surface area contributed by atoms with Gasteiger partial charge in [0.1, 0.15) is 5.69 Å². The predicted octanol–water partition coefficient (Wildman–Crippen LogP) is 1.62. The van der Waals surface area contributed by atoms with E-state index in [0.29, 0.717) is 12.5 Å². The van der Waals surface area contributed by atoms with E-state index in [2.05, 4.69) is 32.0 Å². The topological polar surface area (TPSA) is 43.2 Å². The Morgan fingerprint density at radius 1 is 1.53 bits per heavy atom. The molecule has 102 valence electrons. The summed E-state index contributed by atoms with van der Waals surface area (Å²) < 4.78 is 7.24. The van der Waals surface area contributed by atoms with Crippen LogP contribution in [-0.4, -0.2) is 40.2 Å². The van der Waals surface area contributed by atoms with Crippen LogP contribution in [0.1, 0.15) is 22.9 Å². The van der Waals surface area contributed by atoms with Crippen LogP contribution in [0.2, 0.25) is 0 Å². The molecule has 1 aliphatic rings. The van der Waals surface area contributed by atoms with Crippen molar-refractivity contribution in [2.45, 2.75) is 19.0 Å². The molecule has 5 nitrogen and oxygen atoms in total. The third-order valence-corrected chi connectivity index (χ3v) is 4.27. The Bertz CT molecular complexity index is 537. The van der Waals surface area contributed by atoms with Gasteiger partial charge in [0.05, 0.1) is 12.3 Å². The molecule has 1 atom stereocenters. The average molecular weight is 278 g/mol. The predicted molar refractivity (Wildman–Crippen MR) is 74.1 cm³/mol. The summed E-state index contributed by atoms with van der Waals surface area (Å²) in [7, 11) is 3.71. The second-order valence-electron chi connectivity index (χ2n) is 5.00. The number of fused-ring (bicyclic) bond motifs is 1. The Morgan fingerprint density at radius 3 is 3.16 bits per heavy atom. The number of hydrogen-bond acceptors (Lipinski definition) is 5. The van der Waals surface area contributed by atoms with Gasteiger partial charge in [-0.25, -0.2) is 0 Å². The van der Waals surface area contributed by atoms with Crippen molar-refractivity contribution in [1.29, 1.82) is 0 Å². The second kappa shape index (κ2) is 5.40. The van der Waals surface area contributed by atoms with E-state index in [-0.39, 0.29) is 0 Å². The number of hydrogen-bond donors (Lipinski definition) is 0. The van der Waals surface area contributed by atoms with Crippen LogP contribution in [0.15, 0.2) is 16.8 Å². The Hall–Kier alpha value is -1.24. The fourth-order valence-corrected chi connectivity index (χ4v) is 3.45. The number of aromatic nitrogens is 3. The van der Waals surface area contributed by atoms with Crippen molar-refractivity contribution >= 4 is 11.3 Å². The maximum absolute atomic E-state index is 5.35. The molecule has 0 amide bonds. The molecule has 3 heterocycles. The van der Waals surface area contributed by atoms with Crippen molar-refractivity contribution in [2.75, 3.05) is 20.3 Å². The van der Waals surface area contributed by atoms with E-state index in [4.69, 9.17) is 4.74 Å². The molecule has 0 saturated carbocycles. The molecular weight excluding hydrogens is 260 g/mol. The van der Waals surface area contributed by atoms with Crippen molar-refractivity contribution in [3.8, 4) is 0 Å². The van der Waals surface area contributed by atoms with Crippen LogP contribution in [0.25, 0.3) is 0 Å². The van der Waals surface area contributed by atoms with Crippen LogP contribution in [0, 0.1) is 0 Å². The van der Waals surface area contributed by atoms with E-state index in [1.165, 1.54) is 11.3 Å². The van der Waals surface area contributed by atoms with Crippen LogP contribution in [0.5, 0.6) is 0 Å². The maximum atomic E-state index is 5.35. The molecule has 0 unspecified atom stereocenters. The summed E-state index contributed by atoms with van der Waals surface area (Å²) >= 11 is 1.75. The van der Waals surface area contributed by atoms with Crippen LogP contribution in [0.4, 0.5) is 0 Å². The number of rotatable bonds is 4. The van der Waals surface area contributed by atoms with E-state index >= 15 is 0 Å². The number of aryl methyl sites for hydroxylation is 1. The number of ether oxygens (including phenoxy) is 1. The molecule has 6 heteroatoms. The Morgan fingerprint density at radius 2 is 2.42 bits per heavy atom. The lowest BCUT2D eigenvalue weighted by Crippen LogP contribution is -2.35. The summed E-state index contributed by atoms with van der Waals surface area (Å²) in [5.74, 6) is 0.354. The van der Waals surface area contributed by atoms with Gasteiger partial charge in [-0.3, -0.25) is 9.58 Å². The van der Waals surface area contributed by atoms with Crippen molar-refractivity contribution in [3.05, 3.63) is 33.8 Å². The van der Waals surface area contributed by atoms with Gasteiger partial charge >= 0.3 is 0 Å². The van der Waals surface area contributed by atoms with Crippen molar-refractivity contribution in [1.82, 2.24) is 19.9 Å². The van der Waals surface area contributed by atoms with Gasteiger partial charge in [-0.2, -0.15) is 11.3 Å². The standard InChI is InChI=1S/C13H18N4OS/c1-16-13-11(8-18-2)6-17(7-12(13)14-15-16)5-10-3-4-19-9-10/h3-4,9,11H,5-8H2,1-2H3/t11-/m0/s1. The van der Waals surface area contributed by atoms with Crippen LogP contribution < -0.4 is 0 Å². The number of nitrogens with zero attached hydrogens (tertiary/aromatic N) is 4. The first-order valence-electron chi connectivity index (χ1n) is 6.38. The fraction of sp³-hybridized carbons (Fsp3) is 0.538. The van der Waals surface area contributed by atoms with Crippen molar-refractivity contribution in [2.24, 2.45) is 7.05 Å². The Labute approximate surface area is 116 Å². The molecule has 3 rings (SSSR count). The van der Waals surface area contributed by atoms with Gasteiger partial charge in [0.25, 0.3) is 0 Å². The third-order valence-electron chi connectivity index (χ3n) is 3.54. The van der Waals surface area contributed by atoms with Gasteiger partial charge in [-0.05, 0) is 22.4 Å². The van der Waals surface area contributed by atoms with Crippen molar-refractivity contribution in [3.63, 3.8) is 0 Å². The summed E-state index contributed by atoms with van der Waals surface area (Å²) in [4.78, 5) is 2.42. The summed E-state index contributed by atoms with van der Waals surface area (Å²) in [6, 6.07) is 2.18. The molecule has 0 aromatic carbocycles. The molecule has 19 heavy (non-hydrogen) atoms. The second-order valence-corrected chi connectivity index (χ2v) is 5.78. The quantitative estimate of drug-likeness (QED) is 0.852. The molecule has 0 bridgehead atoms. The van der Waals surface area contributed by atoms with E-state index in [1.54, 1.807) is 18.4 Å². The molecular formula is C13H18N4OS. The van der Waals surface area contributed by atoms with E-state index in [1.807, 2.05) is 11.7 Å². The zero-order chi connectivity index (χ0) is 13.2. The van der Waals surface area contributed by atoms with E-state index in [0.717, 1.165) is 25.3 Å². The summed E-state index contributed by atoms with van der Waals surface area (Å²) in [5, 5.41) is 12.8. The minimum atomic E-state index is 0.354. The van der Waals surface area contributed by atoms with E-state index in [9.17, 15) is 0 Å².